The molecule has 0 bridgehead atoms. The second-order valence-corrected chi connectivity index (χ2v) is 4.67. The first-order valence-corrected chi connectivity index (χ1v) is 6.28. The van der Waals surface area contributed by atoms with Crippen LogP contribution < -0.4 is 5.73 Å². The fourth-order valence-corrected chi connectivity index (χ4v) is 2.42. The van der Waals surface area contributed by atoms with Crippen molar-refractivity contribution in [3.05, 3.63) is 47.8 Å². The number of rotatable bonds is 2. The topological polar surface area (TPSA) is 56.7 Å². The van der Waals surface area contributed by atoms with E-state index in [-0.39, 0.29) is 0 Å². The first-order chi connectivity index (χ1) is 9.20. The van der Waals surface area contributed by atoms with Gasteiger partial charge in [0.15, 0.2) is 5.82 Å². The van der Waals surface area contributed by atoms with E-state index >= 15 is 0 Å². The fraction of sp³-hybridized carbons (Fsp3) is 0.200. The van der Waals surface area contributed by atoms with Gasteiger partial charge in [-0.3, -0.25) is 0 Å². The van der Waals surface area contributed by atoms with Crippen molar-refractivity contribution in [2.75, 3.05) is 0 Å². The summed E-state index contributed by atoms with van der Waals surface area (Å²) in [6, 6.07) is 10.0. The molecule has 0 unspecified atom stereocenters. The van der Waals surface area contributed by atoms with Crippen molar-refractivity contribution in [3.63, 3.8) is 0 Å². The summed E-state index contributed by atoms with van der Waals surface area (Å²) >= 11 is 0. The van der Waals surface area contributed by atoms with Gasteiger partial charge in [-0.2, -0.15) is 0 Å². The monoisotopic (exact) mass is 252 g/mol. The number of hydrogen-bond acceptors (Lipinski definition) is 3. The fourth-order valence-electron chi connectivity index (χ4n) is 2.42. The van der Waals surface area contributed by atoms with Crippen LogP contribution in [0.3, 0.4) is 0 Å². The number of aromatic nitrogens is 3. The lowest BCUT2D eigenvalue weighted by Gasteiger charge is -2.05. The van der Waals surface area contributed by atoms with E-state index in [4.69, 9.17) is 5.73 Å². The smallest absolute Gasteiger partial charge is 0.161 e. The SMILES string of the molecule is Cc1nc(-c2ccccc2)nc2c1c(CN)cn2C. The minimum atomic E-state index is 0.506. The summed E-state index contributed by atoms with van der Waals surface area (Å²) < 4.78 is 2.01. The van der Waals surface area contributed by atoms with Gasteiger partial charge in [-0.05, 0) is 12.5 Å². The van der Waals surface area contributed by atoms with Crippen LogP contribution in [0.15, 0.2) is 36.5 Å². The summed E-state index contributed by atoms with van der Waals surface area (Å²) in [6.07, 6.45) is 2.03. The Hall–Kier alpha value is -2.20. The third-order valence-corrected chi connectivity index (χ3v) is 3.33. The van der Waals surface area contributed by atoms with Crippen LogP contribution in [-0.2, 0) is 13.6 Å². The molecule has 2 N–H and O–H groups in total. The standard InChI is InChI=1S/C15H16N4/c1-10-13-12(8-16)9-19(2)15(13)18-14(17-10)11-6-4-3-5-7-11/h3-7,9H,8,16H2,1-2H3. The van der Waals surface area contributed by atoms with Crippen molar-refractivity contribution >= 4 is 11.0 Å². The van der Waals surface area contributed by atoms with Gasteiger partial charge in [0.1, 0.15) is 5.65 Å². The van der Waals surface area contributed by atoms with Crippen LogP contribution in [0.1, 0.15) is 11.3 Å². The molecule has 0 spiro atoms. The van der Waals surface area contributed by atoms with Gasteiger partial charge in [0.2, 0.25) is 0 Å². The molecule has 4 nitrogen and oxygen atoms in total. The van der Waals surface area contributed by atoms with E-state index in [1.807, 2.05) is 55.1 Å². The van der Waals surface area contributed by atoms with Crippen LogP contribution in [-0.4, -0.2) is 14.5 Å². The van der Waals surface area contributed by atoms with E-state index in [2.05, 4.69) is 9.97 Å². The Morgan fingerprint density at radius 1 is 1.16 bits per heavy atom. The quantitative estimate of drug-likeness (QED) is 0.762. The normalized spacial score (nSPS) is 11.1. The summed E-state index contributed by atoms with van der Waals surface area (Å²) in [5.74, 6) is 0.760. The lowest BCUT2D eigenvalue weighted by molar-refractivity contribution is 0.930. The molecule has 2 aromatic heterocycles. The van der Waals surface area contributed by atoms with Gasteiger partial charge in [-0.25, -0.2) is 9.97 Å². The lowest BCUT2D eigenvalue weighted by atomic mass is 10.1. The maximum Gasteiger partial charge on any atom is 0.161 e. The molecule has 1 aromatic carbocycles. The summed E-state index contributed by atoms with van der Waals surface area (Å²) in [5.41, 5.74) is 9.81. The van der Waals surface area contributed by atoms with Gasteiger partial charge in [-0.1, -0.05) is 30.3 Å². The van der Waals surface area contributed by atoms with Crippen molar-refractivity contribution in [2.24, 2.45) is 12.8 Å². The van der Waals surface area contributed by atoms with E-state index in [1.165, 1.54) is 0 Å². The highest BCUT2D eigenvalue weighted by atomic mass is 15.0. The highest BCUT2D eigenvalue weighted by Gasteiger charge is 2.13. The number of benzene rings is 1. The summed E-state index contributed by atoms with van der Waals surface area (Å²) in [6.45, 7) is 2.52. The Morgan fingerprint density at radius 3 is 2.58 bits per heavy atom. The van der Waals surface area contributed by atoms with Crippen molar-refractivity contribution in [3.8, 4) is 11.4 Å². The van der Waals surface area contributed by atoms with Crippen molar-refractivity contribution in [1.82, 2.24) is 14.5 Å². The zero-order valence-corrected chi connectivity index (χ0v) is 11.1. The van der Waals surface area contributed by atoms with Crippen molar-refractivity contribution < 1.29 is 0 Å². The maximum atomic E-state index is 5.78. The molecule has 0 amide bonds. The Bertz CT molecular complexity index is 729. The Balaban J connectivity index is 2.28. The Kier molecular flexibility index (Phi) is 2.80. The van der Waals surface area contributed by atoms with Crippen LogP contribution in [0.5, 0.6) is 0 Å². The molecule has 0 aliphatic heterocycles. The summed E-state index contributed by atoms with van der Waals surface area (Å²) in [4.78, 5) is 9.28. The molecule has 0 radical (unpaired) electrons. The number of hydrogen-bond donors (Lipinski definition) is 1. The molecular formula is C15H16N4. The molecule has 0 atom stereocenters. The van der Waals surface area contributed by atoms with Gasteiger partial charge in [0, 0.05) is 30.7 Å². The molecule has 0 saturated heterocycles. The second-order valence-electron chi connectivity index (χ2n) is 4.67. The van der Waals surface area contributed by atoms with E-state index in [9.17, 15) is 0 Å². The van der Waals surface area contributed by atoms with Gasteiger partial charge in [-0.15, -0.1) is 0 Å². The van der Waals surface area contributed by atoms with E-state index in [0.29, 0.717) is 6.54 Å². The van der Waals surface area contributed by atoms with E-state index in [0.717, 1.165) is 33.7 Å². The molecule has 0 aliphatic rings. The van der Waals surface area contributed by atoms with Crippen molar-refractivity contribution in [2.45, 2.75) is 13.5 Å². The number of nitrogens with two attached hydrogens (primary N) is 1. The average molecular weight is 252 g/mol. The molecule has 3 rings (SSSR count). The van der Waals surface area contributed by atoms with Crippen LogP contribution >= 0.6 is 0 Å². The predicted octanol–water partition coefficient (Wildman–Crippen LogP) is 2.40. The summed E-state index contributed by atoms with van der Waals surface area (Å²) in [5, 5.41) is 1.07. The number of fused-ring (bicyclic) bond motifs is 1. The second kappa shape index (κ2) is 4.48. The number of aryl methyl sites for hydroxylation is 2. The molecule has 0 fully saturated rings. The van der Waals surface area contributed by atoms with Gasteiger partial charge in [0.05, 0.1) is 5.69 Å². The number of nitrogens with zero attached hydrogens (tertiary/aromatic N) is 3. The highest BCUT2D eigenvalue weighted by molar-refractivity contribution is 5.84. The average Bonchev–Trinajstić information content (AvgIpc) is 2.77. The highest BCUT2D eigenvalue weighted by Crippen LogP contribution is 2.24. The predicted molar refractivity (Wildman–Crippen MR) is 76.6 cm³/mol. The molecule has 0 aliphatic carbocycles. The molecule has 19 heavy (non-hydrogen) atoms. The van der Waals surface area contributed by atoms with Crippen LogP contribution in [0.25, 0.3) is 22.4 Å². The third kappa shape index (κ3) is 1.90. The van der Waals surface area contributed by atoms with Gasteiger partial charge in [0.25, 0.3) is 0 Å². The molecule has 96 valence electrons. The maximum absolute atomic E-state index is 5.78. The third-order valence-electron chi connectivity index (χ3n) is 3.33. The molecule has 2 heterocycles. The van der Waals surface area contributed by atoms with Crippen LogP contribution in [0.4, 0.5) is 0 Å². The van der Waals surface area contributed by atoms with E-state index in [1.54, 1.807) is 0 Å². The Morgan fingerprint density at radius 2 is 1.89 bits per heavy atom. The molecule has 3 aromatic rings. The van der Waals surface area contributed by atoms with Crippen LogP contribution in [0.2, 0.25) is 0 Å². The summed E-state index contributed by atoms with van der Waals surface area (Å²) in [7, 11) is 1.99. The first kappa shape index (κ1) is 11.9. The van der Waals surface area contributed by atoms with Crippen LogP contribution in [0, 0.1) is 6.92 Å². The van der Waals surface area contributed by atoms with E-state index < -0.39 is 0 Å². The molecular weight excluding hydrogens is 236 g/mol. The van der Waals surface area contributed by atoms with Crippen molar-refractivity contribution in [1.29, 1.82) is 0 Å². The zero-order valence-electron chi connectivity index (χ0n) is 11.1. The lowest BCUT2D eigenvalue weighted by Crippen LogP contribution is -1.98. The zero-order chi connectivity index (χ0) is 13.4. The largest absolute Gasteiger partial charge is 0.335 e. The Labute approximate surface area is 111 Å². The van der Waals surface area contributed by atoms with Gasteiger partial charge >= 0.3 is 0 Å². The molecule has 0 saturated carbocycles. The van der Waals surface area contributed by atoms with Gasteiger partial charge < -0.3 is 10.3 Å². The molecule has 4 heteroatoms. The minimum Gasteiger partial charge on any atom is -0.335 e. The first-order valence-electron chi connectivity index (χ1n) is 6.28. The minimum absolute atomic E-state index is 0.506.